The largest absolute Gasteiger partial charge is 0.405 e. The Labute approximate surface area is 158 Å². The number of alkyl halides is 3. The summed E-state index contributed by atoms with van der Waals surface area (Å²) in [7, 11) is 1.80. The van der Waals surface area contributed by atoms with Crippen LogP contribution in [0, 0.1) is 0 Å². The Balaban J connectivity index is 2.57. The molecule has 0 spiro atoms. The third kappa shape index (κ3) is 4.94. The van der Waals surface area contributed by atoms with E-state index in [-0.39, 0.29) is 5.69 Å². The van der Waals surface area contributed by atoms with Crippen molar-refractivity contribution in [2.24, 2.45) is 4.99 Å². The van der Waals surface area contributed by atoms with E-state index < -0.39 is 12.7 Å². The molecule has 0 amide bonds. The highest BCUT2D eigenvalue weighted by Crippen LogP contribution is 2.40. The monoisotopic (exact) mass is 396 g/mol. The van der Waals surface area contributed by atoms with Crippen LogP contribution < -0.4 is 5.32 Å². The molecule has 0 aliphatic heterocycles. The number of rotatable bonds is 6. The van der Waals surface area contributed by atoms with Crippen LogP contribution in [0.2, 0.25) is 0 Å². The number of carbonyl (C=O) groups excluding carboxylic acids is 1. The maximum Gasteiger partial charge on any atom is 0.405 e. The van der Waals surface area contributed by atoms with E-state index in [1.807, 2.05) is 6.92 Å². The Morgan fingerprint density at radius 3 is 2.74 bits per heavy atom. The van der Waals surface area contributed by atoms with Crippen LogP contribution in [0.15, 0.2) is 41.7 Å². The SMILES string of the molecule is C=C/C=C(\C)N(C)C(C)=Nc1c(C=O)sc2nccc(NCC(F)(F)F)c12. The van der Waals surface area contributed by atoms with E-state index in [2.05, 4.69) is 21.9 Å². The molecule has 0 radical (unpaired) electrons. The molecule has 5 nitrogen and oxygen atoms in total. The maximum atomic E-state index is 12.6. The van der Waals surface area contributed by atoms with Crippen molar-refractivity contribution in [3.63, 3.8) is 0 Å². The smallest absolute Gasteiger partial charge is 0.376 e. The first-order valence-electron chi connectivity index (χ1n) is 7.93. The molecular weight excluding hydrogens is 377 g/mol. The van der Waals surface area contributed by atoms with Crippen LogP contribution in [0.25, 0.3) is 10.2 Å². The summed E-state index contributed by atoms with van der Waals surface area (Å²) in [4.78, 5) is 22.7. The minimum Gasteiger partial charge on any atom is -0.376 e. The standard InChI is InChI=1S/C18H19F3N4OS/c1-5-6-11(2)25(4)12(3)24-16-14(9-26)27-17-15(16)13(7-8-22-17)23-10-18(19,20)21/h5-9H,1,10H2,2-4H3,(H,22,23)/b11-6+,24-12?. The zero-order chi connectivity index (χ0) is 20.2. The van der Waals surface area contributed by atoms with Crippen LogP contribution in [0.5, 0.6) is 0 Å². The van der Waals surface area contributed by atoms with Gasteiger partial charge in [-0.1, -0.05) is 12.7 Å². The molecule has 0 bridgehead atoms. The van der Waals surface area contributed by atoms with Gasteiger partial charge in [0.1, 0.15) is 17.2 Å². The molecule has 2 heterocycles. The van der Waals surface area contributed by atoms with Gasteiger partial charge in [0.05, 0.1) is 16.0 Å². The molecule has 27 heavy (non-hydrogen) atoms. The number of allylic oxidation sites excluding steroid dienone is 3. The molecule has 0 aliphatic rings. The summed E-state index contributed by atoms with van der Waals surface area (Å²) in [5.41, 5.74) is 1.40. The summed E-state index contributed by atoms with van der Waals surface area (Å²) in [6, 6.07) is 1.44. The van der Waals surface area contributed by atoms with Crippen LogP contribution >= 0.6 is 11.3 Å². The number of carbonyl (C=O) groups is 1. The number of halogens is 3. The van der Waals surface area contributed by atoms with Crippen molar-refractivity contribution in [1.29, 1.82) is 0 Å². The lowest BCUT2D eigenvalue weighted by Crippen LogP contribution is -2.22. The first-order valence-corrected chi connectivity index (χ1v) is 8.75. The normalized spacial score (nSPS) is 13.0. The van der Waals surface area contributed by atoms with E-state index in [0.29, 0.717) is 32.9 Å². The summed E-state index contributed by atoms with van der Waals surface area (Å²) in [6.07, 6.45) is 1.10. The number of nitrogens with one attached hydrogen (secondary N) is 1. The van der Waals surface area contributed by atoms with Gasteiger partial charge in [0.25, 0.3) is 0 Å². The molecule has 144 valence electrons. The van der Waals surface area contributed by atoms with Crippen LogP contribution in [0.3, 0.4) is 0 Å². The quantitative estimate of drug-likeness (QED) is 0.317. The van der Waals surface area contributed by atoms with Crippen molar-refractivity contribution in [3.05, 3.63) is 41.6 Å². The topological polar surface area (TPSA) is 57.6 Å². The predicted molar refractivity (Wildman–Crippen MR) is 104 cm³/mol. The van der Waals surface area contributed by atoms with Gasteiger partial charge in [-0.05, 0) is 26.0 Å². The Morgan fingerprint density at radius 1 is 1.44 bits per heavy atom. The third-order valence-corrected chi connectivity index (χ3v) is 4.84. The second-order valence-corrected chi connectivity index (χ2v) is 6.73. The molecule has 0 aliphatic carbocycles. The minimum absolute atomic E-state index is 0.231. The van der Waals surface area contributed by atoms with E-state index in [0.717, 1.165) is 17.0 Å². The van der Waals surface area contributed by atoms with Gasteiger partial charge in [0, 0.05) is 24.6 Å². The lowest BCUT2D eigenvalue weighted by molar-refractivity contribution is -0.115. The van der Waals surface area contributed by atoms with Gasteiger partial charge in [0.15, 0.2) is 6.29 Å². The number of hydrogen-bond acceptors (Lipinski definition) is 5. The van der Waals surface area contributed by atoms with Crippen LogP contribution in [-0.4, -0.2) is 41.8 Å². The first-order chi connectivity index (χ1) is 12.7. The molecule has 9 heteroatoms. The maximum absolute atomic E-state index is 12.6. The summed E-state index contributed by atoms with van der Waals surface area (Å²) in [5, 5.41) is 2.76. The molecule has 2 aromatic rings. The number of thiophene rings is 1. The van der Waals surface area contributed by atoms with Crippen LogP contribution in [-0.2, 0) is 0 Å². The molecule has 0 unspecified atom stereocenters. The van der Waals surface area contributed by atoms with Crippen LogP contribution in [0.1, 0.15) is 23.5 Å². The van der Waals surface area contributed by atoms with Gasteiger partial charge in [-0.15, -0.1) is 11.3 Å². The van der Waals surface area contributed by atoms with Gasteiger partial charge in [-0.2, -0.15) is 13.2 Å². The number of nitrogens with zero attached hydrogens (tertiary/aromatic N) is 3. The van der Waals surface area contributed by atoms with Gasteiger partial charge in [-0.25, -0.2) is 9.98 Å². The number of anilines is 1. The molecule has 0 atom stereocenters. The number of pyridine rings is 1. The number of aliphatic imine (C=N–C) groups is 1. The molecule has 2 rings (SSSR count). The molecule has 2 aromatic heterocycles. The Hall–Kier alpha value is -2.68. The van der Waals surface area contributed by atoms with E-state index in [4.69, 9.17) is 0 Å². The number of aldehydes is 1. The van der Waals surface area contributed by atoms with Gasteiger partial charge >= 0.3 is 6.18 Å². The molecule has 1 N–H and O–H groups in total. The molecule has 0 saturated heterocycles. The van der Waals surface area contributed by atoms with Crippen molar-refractivity contribution in [2.45, 2.75) is 20.0 Å². The van der Waals surface area contributed by atoms with E-state index in [9.17, 15) is 18.0 Å². The van der Waals surface area contributed by atoms with Crippen LogP contribution in [0.4, 0.5) is 24.5 Å². The van der Waals surface area contributed by atoms with Crippen molar-refractivity contribution in [1.82, 2.24) is 9.88 Å². The van der Waals surface area contributed by atoms with Crippen molar-refractivity contribution in [3.8, 4) is 0 Å². The number of hydrogen-bond donors (Lipinski definition) is 1. The highest BCUT2D eigenvalue weighted by atomic mass is 32.1. The fourth-order valence-corrected chi connectivity index (χ4v) is 3.26. The summed E-state index contributed by atoms with van der Waals surface area (Å²) in [5.74, 6) is 0.569. The van der Waals surface area contributed by atoms with E-state index in [1.54, 1.807) is 31.0 Å². The zero-order valence-corrected chi connectivity index (χ0v) is 15.9. The van der Waals surface area contributed by atoms with Crippen molar-refractivity contribution in [2.75, 3.05) is 18.9 Å². The molecule has 0 saturated carbocycles. The highest BCUT2D eigenvalue weighted by molar-refractivity contribution is 7.21. The Kier molecular flexibility index (Phi) is 6.37. The Bertz CT molecular complexity index is 915. The highest BCUT2D eigenvalue weighted by Gasteiger charge is 2.27. The number of aromatic nitrogens is 1. The lowest BCUT2D eigenvalue weighted by Gasteiger charge is -2.19. The zero-order valence-electron chi connectivity index (χ0n) is 15.1. The summed E-state index contributed by atoms with van der Waals surface area (Å²) < 4.78 is 37.8. The van der Waals surface area contributed by atoms with Gasteiger partial charge in [0.2, 0.25) is 0 Å². The molecule has 0 fully saturated rings. The van der Waals surface area contributed by atoms with Crippen molar-refractivity contribution >= 4 is 45.0 Å². The summed E-state index contributed by atoms with van der Waals surface area (Å²) in [6.45, 7) is 6.06. The average molecular weight is 396 g/mol. The minimum atomic E-state index is -4.37. The molecule has 0 aromatic carbocycles. The average Bonchev–Trinajstić information content (AvgIpc) is 2.97. The number of fused-ring (bicyclic) bond motifs is 1. The molecular formula is C18H19F3N4OS. The fraction of sp³-hybridized carbons (Fsp3) is 0.278. The van der Waals surface area contributed by atoms with Gasteiger partial charge < -0.3 is 10.2 Å². The predicted octanol–water partition coefficient (Wildman–Crippen LogP) is 5.15. The third-order valence-electron chi connectivity index (χ3n) is 3.83. The second kappa shape index (κ2) is 8.34. The van der Waals surface area contributed by atoms with Gasteiger partial charge in [-0.3, -0.25) is 4.79 Å². The van der Waals surface area contributed by atoms with E-state index >= 15 is 0 Å². The van der Waals surface area contributed by atoms with E-state index in [1.165, 1.54) is 12.3 Å². The second-order valence-electron chi connectivity index (χ2n) is 5.70. The lowest BCUT2D eigenvalue weighted by atomic mass is 10.2. The fourth-order valence-electron chi connectivity index (χ4n) is 2.33. The Morgan fingerprint density at radius 2 is 2.15 bits per heavy atom. The number of amidine groups is 1. The van der Waals surface area contributed by atoms with Crippen molar-refractivity contribution < 1.29 is 18.0 Å². The first kappa shape index (κ1) is 20.6. The summed E-state index contributed by atoms with van der Waals surface area (Å²) >= 11 is 1.09.